The molecule has 3 heteroatoms. The second-order valence-electron chi connectivity index (χ2n) is 3.40. The lowest BCUT2D eigenvalue weighted by molar-refractivity contribution is 0.277. The molecule has 3 nitrogen and oxygen atoms in total. The highest BCUT2D eigenvalue weighted by molar-refractivity contribution is 5.02. The second-order valence-corrected chi connectivity index (χ2v) is 3.40. The number of rotatable bonds is 2. The Kier molecular flexibility index (Phi) is 2.45. The van der Waals surface area contributed by atoms with Gasteiger partial charge in [-0.1, -0.05) is 12.2 Å². The van der Waals surface area contributed by atoms with Crippen molar-refractivity contribution in [3.63, 3.8) is 0 Å². The molecule has 1 heterocycles. The van der Waals surface area contributed by atoms with E-state index in [1.807, 2.05) is 6.20 Å². The van der Waals surface area contributed by atoms with E-state index in [0.29, 0.717) is 6.04 Å². The lowest BCUT2D eigenvalue weighted by Crippen LogP contribution is -2.06. The minimum absolute atomic E-state index is 0.0312. The maximum Gasteiger partial charge on any atom is 0.0956 e. The topological polar surface area (TPSA) is 38.0 Å². The van der Waals surface area contributed by atoms with E-state index in [2.05, 4.69) is 21.7 Å². The largest absolute Gasteiger partial charge is 0.390 e. The van der Waals surface area contributed by atoms with Crippen LogP contribution in [0.25, 0.3) is 0 Å². The Labute approximate surface area is 77.7 Å². The van der Waals surface area contributed by atoms with E-state index in [-0.39, 0.29) is 6.61 Å². The van der Waals surface area contributed by atoms with Crippen LogP contribution >= 0.6 is 0 Å². The Morgan fingerprint density at radius 2 is 2.54 bits per heavy atom. The molecule has 0 saturated heterocycles. The third kappa shape index (κ3) is 1.80. The Balaban J connectivity index is 2.14. The number of nitrogens with zero attached hydrogens (tertiary/aromatic N) is 2. The highest BCUT2D eigenvalue weighted by Crippen LogP contribution is 2.21. The van der Waals surface area contributed by atoms with Crippen molar-refractivity contribution >= 4 is 0 Å². The van der Waals surface area contributed by atoms with E-state index in [0.717, 1.165) is 5.69 Å². The third-order valence-corrected chi connectivity index (χ3v) is 2.43. The molecule has 1 aliphatic rings. The number of aromatic nitrogens is 2. The molecule has 0 aliphatic heterocycles. The Hall–Kier alpha value is -1.09. The van der Waals surface area contributed by atoms with Crippen molar-refractivity contribution in [1.29, 1.82) is 0 Å². The zero-order chi connectivity index (χ0) is 9.10. The van der Waals surface area contributed by atoms with E-state index in [1.54, 1.807) is 6.33 Å². The van der Waals surface area contributed by atoms with Crippen LogP contribution in [0.4, 0.5) is 0 Å². The fourth-order valence-electron chi connectivity index (χ4n) is 1.69. The first-order valence-electron chi connectivity index (χ1n) is 4.70. The Bertz CT molecular complexity index is 304. The van der Waals surface area contributed by atoms with Crippen molar-refractivity contribution in [2.45, 2.75) is 31.9 Å². The van der Waals surface area contributed by atoms with Gasteiger partial charge in [-0.05, 0) is 19.3 Å². The molecule has 1 atom stereocenters. The van der Waals surface area contributed by atoms with Gasteiger partial charge in [0, 0.05) is 6.20 Å². The van der Waals surface area contributed by atoms with Crippen molar-refractivity contribution in [2.24, 2.45) is 0 Å². The molecule has 13 heavy (non-hydrogen) atoms. The molecule has 0 saturated carbocycles. The molecule has 0 radical (unpaired) electrons. The molecule has 0 amide bonds. The van der Waals surface area contributed by atoms with E-state index in [1.165, 1.54) is 19.3 Å². The second kappa shape index (κ2) is 3.75. The molecule has 1 N–H and O–H groups in total. The summed E-state index contributed by atoms with van der Waals surface area (Å²) in [5, 5.41) is 8.86. The Morgan fingerprint density at radius 3 is 3.15 bits per heavy atom. The fourth-order valence-corrected chi connectivity index (χ4v) is 1.69. The van der Waals surface area contributed by atoms with Crippen molar-refractivity contribution in [2.75, 3.05) is 0 Å². The molecule has 0 aromatic carbocycles. The Morgan fingerprint density at radius 1 is 1.62 bits per heavy atom. The van der Waals surface area contributed by atoms with E-state index < -0.39 is 0 Å². The van der Waals surface area contributed by atoms with E-state index >= 15 is 0 Å². The fraction of sp³-hybridized carbons (Fsp3) is 0.500. The summed E-state index contributed by atoms with van der Waals surface area (Å²) in [6.45, 7) is 0.0312. The standard InChI is InChI=1S/C10H14N2O/c13-7-9-6-12(8-11-9)10-4-2-1-3-5-10/h2,4,6,8,10,13H,1,3,5,7H2. The average Bonchev–Trinajstić information content (AvgIpc) is 2.67. The molecular formula is C10H14N2O. The van der Waals surface area contributed by atoms with Gasteiger partial charge in [0.15, 0.2) is 0 Å². The van der Waals surface area contributed by atoms with Gasteiger partial charge in [0.2, 0.25) is 0 Å². The van der Waals surface area contributed by atoms with Crippen molar-refractivity contribution in [3.8, 4) is 0 Å². The first-order valence-corrected chi connectivity index (χ1v) is 4.70. The lowest BCUT2D eigenvalue weighted by Gasteiger charge is -2.17. The average molecular weight is 178 g/mol. The van der Waals surface area contributed by atoms with Gasteiger partial charge >= 0.3 is 0 Å². The molecule has 1 aliphatic carbocycles. The normalized spacial score (nSPS) is 22.1. The number of hydrogen-bond donors (Lipinski definition) is 1. The van der Waals surface area contributed by atoms with Gasteiger partial charge in [0.05, 0.1) is 24.7 Å². The van der Waals surface area contributed by atoms with Crippen LogP contribution in [0.3, 0.4) is 0 Å². The first kappa shape index (κ1) is 8.51. The maximum absolute atomic E-state index is 8.86. The number of aliphatic hydroxyl groups excluding tert-OH is 1. The summed E-state index contributed by atoms with van der Waals surface area (Å²) in [5.74, 6) is 0. The molecular weight excluding hydrogens is 164 g/mol. The van der Waals surface area contributed by atoms with Crippen molar-refractivity contribution < 1.29 is 5.11 Å². The van der Waals surface area contributed by atoms with Crippen LogP contribution < -0.4 is 0 Å². The van der Waals surface area contributed by atoms with Crippen molar-refractivity contribution in [3.05, 3.63) is 30.4 Å². The number of imidazole rings is 1. The van der Waals surface area contributed by atoms with Gasteiger partial charge in [0.1, 0.15) is 0 Å². The van der Waals surface area contributed by atoms with E-state index in [4.69, 9.17) is 5.11 Å². The zero-order valence-corrected chi connectivity index (χ0v) is 7.56. The highest BCUT2D eigenvalue weighted by atomic mass is 16.3. The van der Waals surface area contributed by atoms with Crippen molar-refractivity contribution in [1.82, 2.24) is 9.55 Å². The third-order valence-electron chi connectivity index (χ3n) is 2.43. The van der Waals surface area contributed by atoms with E-state index in [9.17, 15) is 0 Å². The quantitative estimate of drug-likeness (QED) is 0.699. The van der Waals surface area contributed by atoms with Gasteiger partial charge in [-0.15, -0.1) is 0 Å². The van der Waals surface area contributed by atoms with Gasteiger partial charge in [-0.25, -0.2) is 4.98 Å². The summed E-state index contributed by atoms with van der Waals surface area (Å²) in [4.78, 5) is 4.09. The van der Waals surface area contributed by atoms with Gasteiger partial charge in [-0.2, -0.15) is 0 Å². The molecule has 2 rings (SSSR count). The summed E-state index contributed by atoms with van der Waals surface area (Å²) >= 11 is 0. The molecule has 0 fully saturated rings. The van der Waals surface area contributed by atoms with Crippen LogP contribution in [-0.4, -0.2) is 14.7 Å². The van der Waals surface area contributed by atoms with Crippen LogP contribution in [0.15, 0.2) is 24.7 Å². The zero-order valence-electron chi connectivity index (χ0n) is 7.56. The first-order chi connectivity index (χ1) is 6.40. The van der Waals surface area contributed by atoms with Crippen LogP contribution in [0, 0.1) is 0 Å². The summed E-state index contributed by atoms with van der Waals surface area (Å²) in [6.07, 6.45) is 11.8. The number of hydrogen-bond acceptors (Lipinski definition) is 2. The molecule has 1 unspecified atom stereocenters. The SMILES string of the molecule is OCc1cn(C2C=CCCC2)cn1. The van der Waals surface area contributed by atoms with Crippen LogP contribution in [-0.2, 0) is 6.61 Å². The molecule has 1 aromatic rings. The number of allylic oxidation sites excluding steroid dienone is 2. The monoisotopic (exact) mass is 178 g/mol. The lowest BCUT2D eigenvalue weighted by atomic mass is 10.0. The minimum atomic E-state index is 0.0312. The predicted molar refractivity (Wildman–Crippen MR) is 50.2 cm³/mol. The summed E-state index contributed by atoms with van der Waals surface area (Å²) < 4.78 is 2.07. The summed E-state index contributed by atoms with van der Waals surface area (Å²) in [7, 11) is 0. The molecule has 1 aromatic heterocycles. The van der Waals surface area contributed by atoms with Gasteiger partial charge < -0.3 is 9.67 Å². The van der Waals surface area contributed by atoms with Crippen LogP contribution in [0.5, 0.6) is 0 Å². The maximum atomic E-state index is 8.86. The minimum Gasteiger partial charge on any atom is -0.390 e. The van der Waals surface area contributed by atoms with Crippen LogP contribution in [0.2, 0.25) is 0 Å². The van der Waals surface area contributed by atoms with Gasteiger partial charge in [0.25, 0.3) is 0 Å². The molecule has 0 bridgehead atoms. The highest BCUT2D eigenvalue weighted by Gasteiger charge is 2.10. The summed E-state index contributed by atoms with van der Waals surface area (Å²) in [6, 6.07) is 0.446. The number of aliphatic hydroxyl groups is 1. The predicted octanol–water partition coefficient (Wildman–Crippen LogP) is 1.66. The smallest absolute Gasteiger partial charge is 0.0956 e. The molecule has 70 valence electrons. The van der Waals surface area contributed by atoms with Crippen LogP contribution in [0.1, 0.15) is 31.0 Å². The molecule has 0 spiro atoms. The summed E-state index contributed by atoms with van der Waals surface area (Å²) in [5.41, 5.74) is 0.749. The van der Waals surface area contributed by atoms with Gasteiger partial charge in [-0.3, -0.25) is 0 Å².